The maximum atomic E-state index is 12.7. The Morgan fingerprint density at radius 3 is 2.81 bits per heavy atom. The lowest BCUT2D eigenvalue weighted by Crippen LogP contribution is -2.48. The number of piperazine rings is 1. The summed E-state index contributed by atoms with van der Waals surface area (Å²) in [5, 5.41) is 4.70. The van der Waals surface area contributed by atoms with Gasteiger partial charge in [0.1, 0.15) is 10.7 Å². The van der Waals surface area contributed by atoms with Crippen LogP contribution in [0.3, 0.4) is 0 Å². The molecular formula is C22H27N5O3S. The second-order valence-electron chi connectivity index (χ2n) is 8.50. The number of amides is 1. The third-order valence-corrected chi connectivity index (χ3v) is 7.42. The minimum atomic E-state index is -0.0527. The standard InChI is InChI=1S/C22H27N5O3S/c1-14-12-15(30-25-14)13-26-8-10-27(11-9-26)19(28)7-6-18-23-21(29)20-16-4-2-3-5-17(16)31-22(20)24-18/h12H,2-11,13H2,1H3,(H,23,24,29). The van der Waals surface area contributed by atoms with Crippen LogP contribution in [0.5, 0.6) is 0 Å². The van der Waals surface area contributed by atoms with Crippen LogP contribution in [-0.2, 0) is 30.6 Å². The molecule has 3 aromatic heterocycles. The molecule has 1 amide bonds. The van der Waals surface area contributed by atoms with Crippen molar-refractivity contribution in [3.63, 3.8) is 0 Å². The van der Waals surface area contributed by atoms with Gasteiger partial charge in [0.2, 0.25) is 5.91 Å². The fraction of sp³-hybridized carbons (Fsp3) is 0.545. The first-order valence-corrected chi connectivity index (χ1v) is 11.8. The highest BCUT2D eigenvalue weighted by atomic mass is 32.1. The van der Waals surface area contributed by atoms with Crippen molar-refractivity contribution in [1.29, 1.82) is 0 Å². The number of hydrogen-bond donors (Lipinski definition) is 1. The Hall–Kier alpha value is -2.52. The molecule has 4 heterocycles. The van der Waals surface area contributed by atoms with Gasteiger partial charge in [-0.1, -0.05) is 5.16 Å². The van der Waals surface area contributed by atoms with Gasteiger partial charge < -0.3 is 14.4 Å². The second kappa shape index (κ2) is 8.55. The molecule has 0 radical (unpaired) electrons. The normalized spacial score (nSPS) is 17.3. The summed E-state index contributed by atoms with van der Waals surface area (Å²) < 4.78 is 5.29. The molecule has 1 aliphatic carbocycles. The fourth-order valence-corrected chi connectivity index (χ4v) is 5.86. The summed E-state index contributed by atoms with van der Waals surface area (Å²) in [5.41, 5.74) is 2.03. The molecule has 8 nitrogen and oxygen atoms in total. The molecule has 1 saturated heterocycles. The zero-order valence-corrected chi connectivity index (χ0v) is 18.6. The van der Waals surface area contributed by atoms with Crippen LogP contribution in [0.15, 0.2) is 15.4 Å². The van der Waals surface area contributed by atoms with Gasteiger partial charge in [0, 0.05) is 50.0 Å². The molecular weight excluding hydrogens is 414 g/mol. The van der Waals surface area contributed by atoms with Crippen LogP contribution in [0.2, 0.25) is 0 Å². The highest BCUT2D eigenvalue weighted by Gasteiger charge is 2.23. The monoisotopic (exact) mass is 441 g/mol. The van der Waals surface area contributed by atoms with Crippen molar-refractivity contribution in [3.05, 3.63) is 44.1 Å². The average Bonchev–Trinajstić information content (AvgIpc) is 3.35. The Balaban J connectivity index is 1.17. The van der Waals surface area contributed by atoms with Crippen LogP contribution in [0.4, 0.5) is 0 Å². The van der Waals surface area contributed by atoms with E-state index < -0.39 is 0 Å². The molecule has 164 valence electrons. The quantitative estimate of drug-likeness (QED) is 0.653. The Bertz CT molecular complexity index is 1160. The van der Waals surface area contributed by atoms with Crippen molar-refractivity contribution in [2.24, 2.45) is 0 Å². The predicted octanol–water partition coefficient (Wildman–Crippen LogP) is 2.44. The Kier molecular flexibility index (Phi) is 5.62. The van der Waals surface area contributed by atoms with Gasteiger partial charge in [-0.3, -0.25) is 14.5 Å². The van der Waals surface area contributed by atoms with Crippen LogP contribution < -0.4 is 5.56 Å². The zero-order valence-electron chi connectivity index (χ0n) is 17.8. The maximum Gasteiger partial charge on any atom is 0.259 e. The Morgan fingerprint density at radius 2 is 2.03 bits per heavy atom. The summed E-state index contributed by atoms with van der Waals surface area (Å²) in [6.45, 7) is 5.66. The number of hydrogen-bond acceptors (Lipinski definition) is 7. The summed E-state index contributed by atoms with van der Waals surface area (Å²) in [6, 6.07) is 1.95. The van der Waals surface area contributed by atoms with E-state index in [-0.39, 0.29) is 11.5 Å². The predicted molar refractivity (Wildman–Crippen MR) is 118 cm³/mol. The molecule has 0 saturated carbocycles. The van der Waals surface area contributed by atoms with Gasteiger partial charge in [-0.2, -0.15) is 0 Å². The molecule has 1 N–H and O–H groups in total. The highest BCUT2D eigenvalue weighted by Crippen LogP contribution is 2.33. The summed E-state index contributed by atoms with van der Waals surface area (Å²) in [4.78, 5) is 39.3. The van der Waals surface area contributed by atoms with E-state index in [1.807, 2.05) is 17.9 Å². The first-order chi connectivity index (χ1) is 15.1. The first-order valence-electron chi connectivity index (χ1n) is 11.0. The van der Waals surface area contributed by atoms with E-state index >= 15 is 0 Å². The van der Waals surface area contributed by atoms with Crippen molar-refractivity contribution in [2.75, 3.05) is 26.2 Å². The lowest BCUT2D eigenvalue weighted by molar-refractivity contribution is -0.133. The molecule has 0 spiro atoms. The number of carbonyl (C=O) groups is 1. The lowest BCUT2D eigenvalue weighted by atomic mass is 9.97. The SMILES string of the molecule is Cc1cc(CN2CCN(C(=O)CCc3nc4sc5c(c4c(=O)[nH]3)CCCC5)CC2)on1. The summed E-state index contributed by atoms with van der Waals surface area (Å²) >= 11 is 1.65. The van der Waals surface area contributed by atoms with Crippen molar-refractivity contribution in [2.45, 2.75) is 52.0 Å². The Labute approximate surface area is 184 Å². The van der Waals surface area contributed by atoms with Crippen LogP contribution in [-0.4, -0.2) is 57.0 Å². The van der Waals surface area contributed by atoms with E-state index in [1.54, 1.807) is 11.3 Å². The lowest BCUT2D eigenvalue weighted by Gasteiger charge is -2.34. The fourth-order valence-electron chi connectivity index (χ4n) is 4.58. The minimum Gasteiger partial charge on any atom is -0.360 e. The second-order valence-corrected chi connectivity index (χ2v) is 9.58. The largest absolute Gasteiger partial charge is 0.360 e. The van der Waals surface area contributed by atoms with E-state index in [0.717, 1.165) is 60.6 Å². The number of nitrogens with zero attached hydrogens (tertiary/aromatic N) is 4. The molecule has 9 heteroatoms. The molecule has 0 bridgehead atoms. The van der Waals surface area contributed by atoms with Gasteiger partial charge in [-0.05, 0) is 38.2 Å². The van der Waals surface area contributed by atoms with Gasteiger partial charge >= 0.3 is 0 Å². The van der Waals surface area contributed by atoms with Crippen LogP contribution >= 0.6 is 11.3 Å². The number of H-pyrrole nitrogens is 1. The summed E-state index contributed by atoms with van der Waals surface area (Å²) in [5.74, 6) is 1.59. The minimum absolute atomic E-state index is 0.0527. The van der Waals surface area contributed by atoms with Gasteiger partial charge in [0.15, 0.2) is 5.76 Å². The van der Waals surface area contributed by atoms with E-state index in [4.69, 9.17) is 4.52 Å². The van der Waals surface area contributed by atoms with Crippen LogP contribution in [0.25, 0.3) is 10.2 Å². The van der Waals surface area contributed by atoms with Gasteiger partial charge in [0.05, 0.1) is 17.6 Å². The van der Waals surface area contributed by atoms with E-state index in [9.17, 15) is 9.59 Å². The molecule has 1 aliphatic heterocycles. The maximum absolute atomic E-state index is 12.7. The van der Waals surface area contributed by atoms with Crippen LogP contribution in [0.1, 0.15) is 47.0 Å². The van der Waals surface area contributed by atoms with Crippen molar-refractivity contribution >= 4 is 27.5 Å². The Morgan fingerprint density at radius 1 is 1.23 bits per heavy atom. The van der Waals surface area contributed by atoms with E-state index in [1.165, 1.54) is 16.9 Å². The molecule has 2 aliphatic rings. The zero-order chi connectivity index (χ0) is 21.4. The molecule has 0 unspecified atom stereocenters. The van der Waals surface area contributed by atoms with E-state index in [2.05, 4.69) is 20.0 Å². The van der Waals surface area contributed by atoms with Gasteiger partial charge in [-0.25, -0.2) is 4.98 Å². The molecule has 3 aromatic rings. The van der Waals surface area contributed by atoms with Gasteiger partial charge in [0.25, 0.3) is 5.56 Å². The molecule has 31 heavy (non-hydrogen) atoms. The average molecular weight is 442 g/mol. The molecule has 0 atom stereocenters. The highest BCUT2D eigenvalue weighted by molar-refractivity contribution is 7.18. The van der Waals surface area contributed by atoms with Crippen molar-refractivity contribution in [1.82, 2.24) is 24.9 Å². The molecule has 5 rings (SSSR count). The number of rotatable bonds is 5. The third-order valence-electron chi connectivity index (χ3n) is 6.23. The number of fused-ring (bicyclic) bond motifs is 3. The van der Waals surface area contributed by atoms with Crippen molar-refractivity contribution in [3.8, 4) is 0 Å². The summed E-state index contributed by atoms with van der Waals surface area (Å²) in [6.07, 6.45) is 5.17. The number of nitrogens with one attached hydrogen (secondary N) is 1. The third kappa shape index (κ3) is 4.29. The summed E-state index contributed by atoms with van der Waals surface area (Å²) in [7, 11) is 0. The van der Waals surface area contributed by atoms with Gasteiger partial charge in [-0.15, -0.1) is 11.3 Å². The molecule has 0 aromatic carbocycles. The number of aromatic nitrogens is 3. The topological polar surface area (TPSA) is 95.3 Å². The van der Waals surface area contributed by atoms with E-state index in [0.29, 0.717) is 31.8 Å². The molecule has 1 fully saturated rings. The number of thiophene rings is 1. The first kappa shape index (κ1) is 20.4. The number of aryl methyl sites for hydroxylation is 4. The smallest absolute Gasteiger partial charge is 0.259 e. The van der Waals surface area contributed by atoms with Crippen LogP contribution in [0, 0.1) is 6.92 Å². The number of aromatic amines is 1. The number of carbonyl (C=O) groups excluding carboxylic acids is 1. The van der Waals surface area contributed by atoms with Crippen molar-refractivity contribution < 1.29 is 9.32 Å².